The quantitative estimate of drug-likeness (QED) is 0.798. The van der Waals surface area contributed by atoms with Gasteiger partial charge in [0.15, 0.2) is 0 Å². The molecule has 0 fully saturated rings. The molecule has 0 aliphatic carbocycles. The van der Waals surface area contributed by atoms with Crippen LogP contribution in [0.15, 0.2) is 36.4 Å². The van der Waals surface area contributed by atoms with E-state index in [0.717, 1.165) is 30.9 Å². The number of aromatic nitrogens is 2. The first-order valence-electron chi connectivity index (χ1n) is 6.01. The fraction of sp³-hybridized carbons (Fsp3) is 0.357. The Morgan fingerprint density at radius 2 is 2.18 bits per heavy atom. The molecule has 90 valence electrons. The van der Waals surface area contributed by atoms with Crippen molar-refractivity contribution in [2.45, 2.75) is 19.9 Å². The molecule has 1 aromatic heterocycles. The fourth-order valence-electron chi connectivity index (χ4n) is 2.10. The third kappa shape index (κ3) is 2.39. The second kappa shape index (κ2) is 5.15. The van der Waals surface area contributed by atoms with Crippen molar-refractivity contribution in [3.8, 4) is 0 Å². The zero-order chi connectivity index (χ0) is 12.3. The van der Waals surface area contributed by atoms with Crippen LogP contribution in [0.25, 0.3) is 11.0 Å². The lowest BCUT2D eigenvalue weighted by molar-refractivity contribution is 0.712. The zero-order valence-corrected chi connectivity index (χ0v) is 10.5. The van der Waals surface area contributed by atoms with Gasteiger partial charge in [-0.15, -0.1) is 0 Å². The number of likely N-dealkylation sites (N-methyl/N-ethyl adjacent to an activating group) is 1. The lowest BCUT2D eigenvalue weighted by Gasteiger charge is -2.10. The lowest BCUT2D eigenvalue weighted by atomic mass is 10.2. The van der Waals surface area contributed by atoms with E-state index in [1.54, 1.807) is 0 Å². The minimum Gasteiger partial charge on any atom is -0.324 e. The molecule has 1 heterocycles. The summed E-state index contributed by atoms with van der Waals surface area (Å²) in [4.78, 5) is 4.65. The molecular weight excluding hydrogens is 210 g/mol. The van der Waals surface area contributed by atoms with Gasteiger partial charge in [-0.25, -0.2) is 4.98 Å². The van der Waals surface area contributed by atoms with Gasteiger partial charge in [0.2, 0.25) is 0 Å². The van der Waals surface area contributed by atoms with Crippen molar-refractivity contribution in [2.75, 3.05) is 13.6 Å². The van der Waals surface area contributed by atoms with Crippen molar-refractivity contribution >= 4 is 11.0 Å². The molecule has 1 N–H and O–H groups in total. The predicted octanol–water partition coefficient (Wildman–Crippen LogP) is 2.37. The third-order valence-electron chi connectivity index (χ3n) is 2.86. The normalized spacial score (nSPS) is 10.9. The number of nitrogens with one attached hydrogen (secondary N) is 1. The molecule has 0 aliphatic rings. The van der Waals surface area contributed by atoms with Crippen LogP contribution in [0.5, 0.6) is 0 Å². The summed E-state index contributed by atoms with van der Waals surface area (Å²) in [6.45, 7) is 7.91. The van der Waals surface area contributed by atoms with Gasteiger partial charge in [-0.3, -0.25) is 0 Å². The van der Waals surface area contributed by atoms with Crippen molar-refractivity contribution < 1.29 is 0 Å². The molecule has 2 aromatic rings. The molecule has 0 saturated heterocycles. The highest BCUT2D eigenvalue weighted by molar-refractivity contribution is 5.76. The predicted molar refractivity (Wildman–Crippen MR) is 72.2 cm³/mol. The van der Waals surface area contributed by atoms with Crippen LogP contribution in [0.2, 0.25) is 0 Å². The largest absolute Gasteiger partial charge is 0.324 e. The number of rotatable bonds is 5. The molecule has 0 unspecified atom stereocenters. The molecule has 2 rings (SSSR count). The number of hydrogen-bond donors (Lipinski definition) is 1. The van der Waals surface area contributed by atoms with Gasteiger partial charge in [0.25, 0.3) is 0 Å². The van der Waals surface area contributed by atoms with Gasteiger partial charge in [0.05, 0.1) is 11.0 Å². The van der Waals surface area contributed by atoms with Crippen LogP contribution in [0.4, 0.5) is 0 Å². The van der Waals surface area contributed by atoms with Crippen LogP contribution in [0.3, 0.4) is 0 Å². The van der Waals surface area contributed by atoms with Crippen LogP contribution in [0.1, 0.15) is 12.7 Å². The average molecular weight is 229 g/mol. The summed E-state index contributed by atoms with van der Waals surface area (Å²) >= 11 is 0. The van der Waals surface area contributed by atoms with E-state index in [4.69, 9.17) is 0 Å². The highest BCUT2D eigenvalue weighted by atomic mass is 15.1. The number of benzene rings is 1. The van der Waals surface area contributed by atoms with E-state index in [-0.39, 0.29) is 0 Å². The summed E-state index contributed by atoms with van der Waals surface area (Å²) in [6, 6.07) is 8.27. The van der Waals surface area contributed by atoms with Crippen LogP contribution in [-0.4, -0.2) is 23.1 Å². The number of nitrogens with zero attached hydrogens (tertiary/aromatic N) is 2. The highest BCUT2D eigenvalue weighted by Gasteiger charge is 2.08. The lowest BCUT2D eigenvalue weighted by Crippen LogP contribution is -2.15. The molecule has 1 aromatic carbocycles. The van der Waals surface area contributed by atoms with E-state index < -0.39 is 0 Å². The van der Waals surface area contributed by atoms with E-state index in [0.29, 0.717) is 0 Å². The van der Waals surface area contributed by atoms with Crippen molar-refractivity contribution in [2.24, 2.45) is 0 Å². The van der Waals surface area contributed by atoms with Crippen molar-refractivity contribution in [1.82, 2.24) is 14.9 Å². The minimum absolute atomic E-state index is 0.838. The molecule has 0 saturated carbocycles. The fourth-order valence-corrected chi connectivity index (χ4v) is 2.10. The summed E-state index contributed by atoms with van der Waals surface area (Å²) in [5.41, 5.74) is 3.44. The molecule has 17 heavy (non-hydrogen) atoms. The monoisotopic (exact) mass is 229 g/mol. The van der Waals surface area contributed by atoms with Gasteiger partial charge in [-0.1, -0.05) is 25.6 Å². The molecule has 3 heteroatoms. The van der Waals surface area contributed by atoms with Crippen LogP contribution < -0.4 is 5.32 Å². The Labute approximate surface area is 102 Å². The topological polar surface area (TPSA) is 29.9 Å². The number of para-hydroxylation sites is 2. The Morgan fingerprint density at radius 3 is 2.88 bits per heavy atom. The number of imidazole rings is 1. The van der Waals surface area contributed by atoms with Crippen LogP contribution >= 0.6 is 0 Å². The highest BCUT2D eigenvalue weighted by Crippen LogP contribution is 2.17. The molecule has 0 spiro atoms. The Hall–Kier alpha value is -1.61. The maximum Gasteiger partial charge on any atom is 0.109 e. The average Bonchev–Trinajstić information content (AvgIpc) is 2.68. The summed E-state index contributed by atoms with van der Waals surface area (Å²) in [5, 5.41) is 3.13. The summed E-state index contributed by atoms with van der Waals surface area (Å²) < 4.78 is 2.26. The van der Waals surface area contributed by atoms with Crippen molar-refractivity contribution in [3.05, 3.63) is 42.2 Å². The Kier molecular flexibility index (Phi) is 3.59. The molecule has 0 bridgehead atoms. The second-order valence-electron chi connectivity index (χ2n) is 4.24. The van der Waals surface area contributed by atoms with E-state index >= 15 is 0 Å². The van der Waals surface area contributed by atoms with Gasteiger partial charge < -0.3 is 9.88 Å². The first-order valence-corrected chi connectivity index (χ1v) is 6.01. The Morgan fingerprint density at radius 1 is 1.41 bits per heavy atom. The van der Waals surface area contributed by atoms with Gasteiger partial charge in [0, 0.05) is 19.5 Å². The van der Waals surface area contributed by atoms with Gasteiger partial charge in [-0.2, -0.15) is 0 Å². The van der Waals surface area contributed by atoms with Crippen molar-refractivity contribution in [3.63, 3.8) is 0 Å². The van der Waals surface area contributed by atoms with Gasteiger partial charge in [-0.05, 0) is 24.8 Å². The third-order valence-corrected chi connectivity index (χ3v) is 2.86. The van der Waals surface area contributed by atoms with E-state index in [2.05, 4.69) is 46.6 Å². The number of aryl methyl sites for hydroxylation is 1. The number of hydrogen-bond acceptors (Lipinski definition) is 2. The summed E-state index contributed by atoms with van der Waals surface area (Å²) in [6.07, 6.45) is 0.946. The molecule has 0 atom stereocenters. The van der Waals surface area contributed by atoms with Crippen molar-refractivity contribution in [1.29, 1.82) is 0 Å². The second-order valence-corrected chi connectivity index (χ2v) is 4.24. The maximum absolute atomic E-state index is 4.65. The summed E-state index contributed by atoms with van der Waals surface area (Å²) in [5.74, 6) is 1.13. The Bertz CT molecular complexity index is 525. The standard InChI is InChI=1S/C14H19N3/c1-4-14-16-12-7-5-6-8-13(12)17(14)10-11(2)9-15-3/h5-8,15H,2,4,9-10H2,1,3H3. The summed E-state index contributed by atoms with van der Waals surface area (Å²) in [7, 11) is 1.94. The molecule has 0 aliphatic heterocycles. The van der Waals surface area contributed by atoms with E-state index in [1.165, 1.54) is 11.1 Å². The molecular formula is C14H19N3. The number of fused-ring (bicyclic) bond motifs is 1. The maximum atomic E-state index is 4.65. The molecule has 0 radical (unpaired) electrons. The van der Waals surface area contributed by atoms with Gasteiger partial charge >= 0.3 is 0 Å². The zero-order valence-electron chi connectivity index (χ0n) is 10.5. The Balaban J connectivity index is 2.39. The van der Waals surface area contributed by atoms with Crippen LogP contribution in [0, 0.1) is 0 Å². The first-order chi connectivity index (χ1) is 8.26. The molecule has 0 amide bonds. The van der Waals surface area contributed by atoms with E-state index in [9.17, 15) is 0 Å². The SMILES string of the molecule is C=C(CNC)Cn1c(CC)nc2ccccc21. The molecule has 3 nitrogen and oxygen atoms in total. The first kappa shape index (κ1) is 11.9. The minimum atomic E-state index is 0.838. The van der Waals surface area contributed by atoms with Gasteiger partial charge in [0.1, 0.15) is 5.82 Å². The van der Waals surface area contributed by atoms with E-state index in [1.807, 2.05) is 13.1 Å². The van der Waals surface area contributed by atoms with Crippen LogP contribution in [-0.2, 0) is 13.0 Å². The smallest absolute Gasteiger partial charge is 0.109 e.